The van der Waals surface area contributed by atoms with Crippen LogP contribution in [0.15, 0.2) is 54.7 Å². The van der Waals surface area contributed by atoms with Crippen molar-refractivity contribution < 1.29 is 4.79 Å². The van der Waals surface area contributed by atoms with Crippen molar-refractivity contribution in [2.45, 2.75) is 6.17 Å². The summed E-state index contributed by atoms with van der Waals surface area (Å²) in [5, 5.41) is 13.8. The summed E-state index contributed by atoms with van der Waals surface area (Å²) in [6.45, 7) is 0. The maximum Gasteiger partial charge on any atom is 0.256 e. The Morgan fingerprint density at radius 1 is 1.00 bits per heavy atom. The zero-order valence-electron chi connectivity index (χ0n) is 12.0. The summed E-state index contributed by atoms with van der Waals surface area (Å²) in [6.07, 6.45) is 1.35. The summed E-state index contributed by atoms with van der Waals surface area (Å²) in [5.41, 5.74) is 3.93. The molecular weight excluding hydrogens is 312 g/mol. The largest absolute Gasteiger partial charge is 0.361 e. The Labute approximate surface area is 137 Å². The van der Waals surface area contributed by atoms with Crippen LogP contribution in [0.5, 0.6) is 0 Å². The minimum Gasteiger partial charge on any atom is -0.361 e. The molecule has 114 valence electrons. The summed E-state index contributed by atoms with van der Waals surface area (Å²) < 4.78 is 0. The third-order valence-corrected chi connectivity index (χ3v) is 4.17. The molecule has 3 aromatic rings. The smallest absolute Gasteiger partial charge is 0.256 e. The van der Waals surface area contributed by atoms with E-state index in [1.54, 1.807) is 12.3 Å². The van der Waals surface area contributed by atoms with Gasteiger partial charge in [0.2, 0.25) is 0 Å². The molecule has 1 unspecified atom stereocenters. The predicted molar refractivity (Wildman–Crippen MR) is 89.3 cm³/mol. The second kappa shape index (κ2) is 5.44. The van der Waals surface area contributed by atoms with Gasteiger partial charge in [-0.3, -0.25) is 9.89 Å². The molecule has 1 aromatic heterocycles. The van der Waals surface area contributed by atoms with Crippen LogP contribution in [0.4, 0.5) is 5.69 Å². The first-order valence-corrected chi connectivity index (χ1v) is 7.56. The Hall–Kier alpha value is -2.79. The normalized spacial score (nSPS) is 16.4. The quantitative estimate of drug-likeness (QED) is 0.674. The van der Waals surface area contributed by atoms with Gasteiger partial charge in [0, 0.05) is 5.56 Å². The van der Waals surface area contributed by atoms with Gasteiger partial charge in [-0.1, -0.05) is 48.0 Å². The number of carbonyl (C=O) groups is 1. The SMILES string of the molecule is O=C1NC(c2cn[nH]c2-c2ccccc2)Nc2cccc(Cl)c21. The van der Waals surface area contributed by atoms with Crippen LogP contribution in [0.1, 0.15) is 22.1 Å². The van der Waals surface area contributed by atoms with E-state index in [0.29, 0.717) is 16.3 Å². The molecule has 0 saturated carbocycles. The van der Waals surface area contributed by atoms with Gasteiger partial charge >= 0.3 is 0 Å². The lowest BCUT2D eigenvalue weighted by atomic mass is 10.0. The first-order chi connectivity index (χ1) is 11.2. The molecule has 2 aromatic carbocycles. The average Bonchev–Trinajstić information content (AvgIpc) is 3.05. The molecule has 4 rings (SSSR count). The second-order valence-electron chi connectivity index (χ2n) is 5.28. The molecule has 0 radical (unpaired) electrons. The monoisotopic (exact) mass is 324 g/mol. The van der Waals surface area contributed by atoms with Gasteiger partial charge in [0.05, 0.1) is 28.2 Å². The third kappa shape index (κ3) is 2.35. The van der Waals surface area contributed by atoms with E-state index in [2.05, 4.69) is 20.8 Å². The molecule has 3 N–H and O–H groups in total. The maximum absolute atomic E-state index is 12.4. The van der Waals surface area contributed by atoms with Gasteiger partial charge < -0.3 is 10.6 Å². The van der Waals surface area contributed by atoms with Crippen molar-refractivity contribution in [3.05, 3.63) is 70.9 Å². The number of aromatic nitrogens is 2. The van der Waals surface area contributed by atoms with E-state index in [4.69, 9.17) is 11.6 Å². The van der Waals surface area contributed by atoms with E-state index >= 15 is 0 Å². The standard InChI is InChI=1S/C17H13ClN4O/c18-12-7-4-8-13-14(12)17(23)21-16(20-13)11-9-19-22-15(11)10-5-2-1-3-6-10/h1-9,16,20H,(H,19,22)(H,21,23). The summed E-state index contributed by atoms with van der Waals surface area (Å²) in [5.74, 6) is -0.199. The molecule has 1 aliphatic rings. The maximum atomic E-state index is 12.4. The fraction of sp³-hybridized carbons (Fsp3) is 0.0588. The van der Waals surface area contributed by atoms with Crippen LogP contribution in [0.3, 0.4) is 0 Å². The van der Waals surface area contributed by atoms with Crippen molar-refractivity contribution in [1.82, 2.24) is 15.5 Å². The Morgan fingerprint density at radius 2 is 1.83 bits per heavy atom. The molecular formula is C17H13ClN4O. The number of anilines is 1. The number of amides is 1. The first kappa shape index (κ1) is 13.8. The molecule has 0 saturated heterocycles. The Bertz CT molecular complexity index is 875. The van der Waals surface area contributed by atoms with Crippen molar-refractivity contribution in [2.75, 3.05) is 5.32 Å². The van der Waals surface area contributed by atoms with Crippen molar-refractivity contribution in [3.8, 4) is 11.3 Å². The number of nitrogens with one attached hydrogen (secondary N) is 3. The number of nitrogens with zero attached hydrogens (tertiary/aromatic N) is 1. The Morgan fingerprint density at radius 3 is 2.65 bits per heavy atom. The topological polar surface area (TPSA) is 69.8 Å². The predicted octanol–water partition coefficient (Wildman–Crippen LogP) is 3.58. The molecule has 6 heteroatoms. The van der Waals surface area contributed by atoms with Crippen LogP contribution in [-0.2, 0) is 0 Å². The van der Waals surface area contributed by atoms with Crippen LogP contribution in [-0.4, -0.2) is 16.1 Å². The van der Waals surface area contributed by atoms with Gasteiger partial charge in [0.25, 0.3) is 5.91 Å². The van der Waals surface area contributed by atoms with E-state index < -0.39 is 0 Å². The van der Waals surface area contributed by atoms with Crippen molar-refractivity contribution in [2.24, 2.45) is 0 Å². The van der Waals surface area contributed by atoms with Crippen LogP contribution >= 0.6 is 11.6 Å². The van der Waals surface area contributed by atoms with Crippen LogP contribution in [0, 0.1) is 0 Å². The number of hydrogen-bond donors (Lipinski definition) is 3. The number of H-pyrrole nitrogens is 1. The van der Waals surface area contributed by atoms with Gasteiger partial charge in [-0.05, 0) is 17.7 Å². The van der Waals surface area contributed by atoms with Crippen molar-refractivity contribution in [1.29, 1.82) is 0 Å². The molecule has 1 amide bonds. The zero-order valence-corrected chi connectivity index (χ0v) is 12.8. The molecule has 0 fully saturated rings. The highest BCUT2D eigenvalue weighted by atomic mass is 35.5. The van der Waals surface area contributed by atoms with Crippen molar-refractivity contribution >= 4 is 23.2 Å². The lowest BCUT2D eigenvalue weighted by molar-refractivity contribution is 0.0936. The number of halogens is 1. The van der Waals surface area contributed by atoms with E-state index in [0.717, 1.165) is 16.8 Å². The lowest BCUT2D eigenvalue weighted by Gasteiger charge is -2.28. The zero-order chi connectivity index (χ0) is 15.8. The van der Waals surface area contributed by atoms with Gasteiger partial charge in [-0.25, -0.2) is 0 Å². The minimum atomic E-state index is -0.373. The molecule has 1 atom stereocenters. The lowest BCUT2D eigenvalue weighted by Crippen LogP contribution is -2.38. The molecule has 2 heterocycles. The van der Waals surface area contributed by atoms with Gasteiger partial charge in [-0.2, -0.15) is 5.10 Å². The number of aromatic amines is 1. The molecule has 0 spiro atoms. The Kier molecular flexibility index (Phi) is 3.28. The van der Waals surface area contributed by atoms with E-state index in [1.165, 1.54) is 0 Å². The van der Waals surface area contributed by atoms with E-state index in [1.807, 2.05) is 42.5 Å². The number of rotatable bonds is 2. The molecule has 1 aliphatic heterocycles. The highest BCUT2D eigenvalue weighted by molar-refractivity contribution is 6.34. The second-order valence-corrected chi connectivity index (χ2v) is 5.69. The molecule has 23 heavy (non-hydrogen) atoms. The van der Waals surface area contributed by atoms with Crippen LogP contribution in [0.2, 0.25) is 5.02 Å². The van der Waals surface area contributed by atoms with Gasteiger partial charge in [0.15, 0.2) is 0 Å². The highest BCUT2D eigenvalue weighted by Gasteiger charge is 2.28. The number of carbonyl (C=O) groups excluding carboxylic acids is 1. The first-order valence-electron chi connectivity index (χ1n) is 7.18. The van der Waals surface area contributed by atoms with Crippen LogP contribution in [0.25, 0.3) is 11.3 Å². The van der Waals surface area contributed by atoms with E-state index in [9.17, 15) is 4.79 Å². The fourth-order valence-electron chi connectivity index (χ4n) is 2.78. The molecule has 0 aliphatic carbocycles. The van der Waals surface area contributed by atoms with Crippen molar-refractivity contribution in [3.63, 3.8) is 0 Å². The molecule has 0 bridgehead atoms. The van der Waals surface area contributed by atoms with Crippen LogP contribution < -0.4 is 10.6 Å². The number of hydrogen-bond acceptors (Lipinski definition) is 3. The summed E-state index contributed by atoms with van der Waals surface area (Å²) in [7, 11) is 0. The third-order valence-electron chi connectivity index (χ3n) is 3.86. The number of fused-ring (bicyclic) bond motifs is 1. The van der Waals surface area contributed by atoms with Gasteiger partial charge in [0.1, 0.15) is 6.17 Å². The minimum absolute atomic E-state index is 0.199. The summed E-state index contributed by atoms with van der Waals surface area (Å²) >= 11 is 6.12. The van der Waals surface area contributed by atoms with E-state index in [-0.39, 0.29) is 12.1 Å². The number of benzene rings is 2. The highest BCUT2D eigenvalue weighted by Crippen LogP contribution is 2.33. The fourth-order valence-corrected chi connectivity index (χ4v) is 3.04. The Balaban J connectivity index is 1.74. The van der Waals surface area contributed by atoms with Gasteiger partial charge in [-0.15, -0.1) is 0 Å². The summed E-state index contributed by atoms with van der Waals surface area (Å²) in [6, 6.07) is 15.2. The average molecular weight is 325 g/mol. The summed E-state index contributed by atoms with van der Waals surface area (Å²) in [4.78, 5) is 12.4. The molecule has 5 nitrogen and oxygen atoms in total.